The zero-order chi connectivity index (χ0) is 27.0. The molecule has 3 rings (SSSR count). The van der Waals surface area contributed by atoms with E-state index in [0.717, 1.165) is 10.6 Å². The number of sulfonamides is 1. The van der Waals surface area contributed by atoms with Gasteiger partial charge >= 0.3 is 0 Å². The number of hydrogen-bond acceptors (Lipinski definition) is 6. The van der Waals surface area contributed by atoms with Gasteiger partial charge in [-0.25, -0.2) is 13.8 Å². The van der Waals surface area contributed by atoms with Crippen LogP contribution in [0.25, 0.3) is 0 Å². The maximum atomic E-state index is 12.3. The highest BCUT2D eigenvalue weighted by atomic mass is 35.5. The molecule has 37 heavy (non-hydrogen) atoms. The lowest BCUT2D eigenvalue weighted by Crippen LogP contribution is -2.39. The van der Waals surface area contributed by atoms with Crippen LogP contribution in [0.5, 0.6) is 5.75 Å². The average Bonchev–Trinajstić information content (AvgIpc) is 2.84. The molecule has 9 nitrogen and oxygen atoms in total. The highest BCUT2D eigenvalue weighted by Crippen LogP contribution is 2.28. The van der Waals surface area contributed by atoms with Gasteiger partial charge in [-0.3, -0.25) is 13.9 Å². The van der Waals surface area contributed by atoms with Crippen molar-refractivity contribution in [3.63, 3.8) is 0 Å². The second kappa shape index (κ2) is 12.8. The Labute approximate surface area is 229 Å². The lowest BCUT2D eigenvalue weighted by atomic mass is 10.2. The van der Waals surface area contributed by atoms with Crippen LogP contribution in [0.3, 0.4) is 0 Å². The Morgan fingerprint density at radius 2 is 1.65 bits per heavy atom. The molecule has 0 unspecified atom stereocenters. The fraction of sp³-hybridized carbons (Fsp3) is 0.125. The van der Waals surface area contributed by atoms with E-state index in [1.54, 1.807) is 48.5 Å². The summed E-state index contributed by atoms with van der Waals surface area (Å²) in [4.78, 5) is 24.4. The van der Waals surface area contributed by atoms with Crippen molar-refractivity contribution in [2.45, 2.75) is 0 Å². The number of nitrogens with zero attached hydrogens (tertiary/aromatic N) is 2. The molecule has 2 amide bonds. The second-order valence-electron chi connectivity index (χ2n) is 7.55. The molecule has 0 spiro atoms. The fourth-order valence-corrected chi connectivity index (χ4v) is 4.26. The van der Waals surface area contributed by atoms with E-state index in [9.17, 15) is 18.0 Å². The minimum absolute atomic E-state index is 0.153. The molecule has 0 aliphatic carbocycles. The molecular weight excluding hydrogens is 563 g/mol. The van der Waals surface area contributed by atoms with Crippen LogP contribution in [0, 0.1) is 0 Å². The van der Waals surface area contributed by atoms with Gasteiger partial charge in [0.1, 0.15) is 12.3 Å². The number of nitrogens with one attached hydrogen (secondary N) is 2. The second-order valence-corrected chi connectivity index (χ2v) is 10.7. The third-order valence-corrected chi connectivity index (χ3v) is 6.89. The third kappa shape index (κ3) is 8.64. The molecule has 13 heteroatoms. The molecule has 0 saturated heterocycles. The Morgan fingerprint density at radius 1 is 0.946 bits per heavy atom. The molecule has 2 N–H and O–H groups in total. The van der Waals surface area contributed by atoms with Crippen molar-refractivity contribution < 1.29 is 22.7 Å². The van der Waals surface area contributed by atoms with Gasteiger partial charge in [0.25, 0.3) is 11.8 Å². The van der Waals surface area contributed by atoms with Crippen LogP contribution in [0.2, 0.25) is 15.1 Å². The van der Waals surface area contributed by atoms with E-state index < -0.39 is 22.5 Å². The van der Waals surface area contributed by atoms with Crippen LogP contribution in [-0.4, -0.2) is 45.9 Å². The van der Waals surface area contributed by atoms with E-state index in [1.807, 2.05) is 0 Å². The summed E-state index contributed by atoms with van der Waals surface area (Å²) in [5, 5.41) is 7.34. The van der Waals surface area contributed by atoms with Crippen molar-refractivity contribution in [1.82, 2.24) is 5.43 Å². The van der Waals surface area contributed by atoms with Gasteiger partial charge in [-0.2, -0.15) is 5.10 Å². The number of hydrogen-bond donors (Lipinski definition) is 2. The number of anilines is 2. The zero-order valence-corrected chi connectivity index (χ0v) is 22.4. The van der Waals surface area contributed by atoms with Gasteiger partial charge in [0.2, 0.25) is 10.0 Å². The molecule has 3 aromatic rings. The Kier molecular flexibility index (Phi) is 9.76. The van der Waals surface area contributed by atoms with E-state index in [0.29, 0.717) is 22.0 Å². The number of halogens is 3. The topological polar surface area (TPSA) is 117 Å². The van der Waals surface area contributed by atoms with E-state index in [-0.39, 0.29) is 28.2 Å². The number of carbonyl (C=O) groups excluding carboxylic acids is 2. The van der Waals surface area contributed by atoms with Crippen LogP contribution < -0.4 is 19.8 Å². The largest absolute Gasteiger partial charge is 0.484 e. The van der Waals surface area contributed by atoms with Crippen LogP contribution >= 0.6 is 34.8 Å². The molecule has 0 heterocycles. The standard InChI is InChI=1S/C24H21Cl3N4O5S/c1-37(34,35)31(17-8-11-19(25)21(27)12-17)14-23(32)30-28-13-16-6-9-18(10-7-16)36-15-24(33)29-22-5-3-2-4-20(22)26/h2-13H,14-15H2,1H3,(H,29,33)(H,30,32)/b28-13+. The van der Waals surface area contributed by atoms with E-state index in [4.69, 9.17) is 39.5 Å². The zero-order valence-electron chi connectivity index (χ0n) is 19.3. The minimum atomic E-state index is -3.79. The van der Waals surface area contributed by atoms with Crippen molar-refractivity contribution in [1.29, 1.82) is 0 Å². The summed E-state index contributed by atoms with van der Waals surface area (Å²) in [6.07, 6.45) is 2.34. The summed E-state index contributed by atoms with van der Waals surface area (Å²) in [6.45, 7) is -0.735. The molecule has 0 saturated carbocycles. The van der Waals surface area contributed by atoms with Crippen LogP contribution in [0.4, 0.5) is 11.4 Å². The summed E-state index contributed by atoms with van der Waals surface area (Å²) >= 11 is 17.9. The Bertz CT molecular complexity index is 1420. The summed E-state index contributed by atoms with van der Waals surface area (Å²) in [7, 11) is -3.79. The van der Waals surface area contributed by atoms with E-state index in [1.165, 1.54) is 24.4 Å². The van der Waals surface area contributed by atoms with E-state index in [2.05, 4.69) is 15.8 Å². The quantitative estimate of drug-likeness (QED) is 0.268. The lowest BCUT2D eigenvalue weighted by Gasteiger charge is -2.21. The van der Waals surface area contributed by atoms with Crippen LogP contribution in [0.1, 0.15) is 5.56 Å². The van der Waals surface area contributed by atoms with Gasteiger partial charge < -0.3 is 10.1 Å². The van der Waals surface area contributed by atoms with Gasteiger partial charge in [0.05, 0.1) is 38.9 Å². The van der Waals surface area contributed by atoms with Crippen molar-refractivity contribution in [2.75, 3.05) is 29.0 Å². The smallest absolute Gasteiger partial charge is 0.262 e. The molecule has 0 aliphatic rings. The molecule has 0 bridgehead atoms. The Morgan fingerprint density at radius 3 is 2.30 bits per heavy atom. The first-order valence-electron chi connectivity index (χ1n) is 10.5. The first-order chi connectivity index (χ1) is 17.5. The number of benzene rings is 3. The van der Waals surface area contributed by atoms with Crippen molar-refractivity contribution in [2.24, 2.45) is 5.10 Å². The summed E-state index contributed by atoms with van der Waals surface area (Å²) in [6, 6.07) is 17.7. The molecule has 194 valence electrons. The fourth-order valence-electron chi connectivity index (χ4n) is 2.93. The first-order valence-corrected chi connectivity index (χ1v) is 13.5. The molecule has 0 radical (unpaired) electrons. The summed E-state index contributed by atoms with van der Waals surface area (Å²) < 4.78 is 30.7. The number of ether oxygens (including phenoxy) is 1. The Balaban J connectivity index is 1.51. The van der Waals surface area contributed by atoms with E-state index >= 15 is 0 Å². The number of carbonyl (C=O) groups is 2. The SMILES string of the molecule is CS(=O)(=O)N(CC(=O)N/N=C/c1ccc(OCC(=O)Nc2ccccc2Cl)cc1)c1ccc(Cl)c(Cl)c1. The number of rotatable bonds is 10. The highest BCUT2D eigenvalue weighted by molar-refractivity contribution is 7.92. The van der Waals surface area contributed by atoms with Crippen molar-refractivity contribution in [3.8, 4) is 5.75 Å². The maximum absolute atomic E-state index is 12.3. The predicted octanol–water partition coefficient (Wildman–Crippen LogP) is 4.58. The van der Waals surface area contributed by atoms with Crippen LogP contribution in [-0.2, 0) is 19.6 Å². The minimum Gasteiger partial charge on any atom is -0.484 e. The molecule has 0 atom stereocenters. The van der Waals surface area contributed by atoms with Crippen molar-refractivity contribution >= 4 is 74.2 Å². The first kappa shape index (κ1) is 28.3. The normalized spacial score (nSPS) is 11.2. The number of hydrazone groups is 1. The third-order valence-electron chi connectivity index (χ3n) is 4.68. The van der Waals surface area contributed by atoms with Gasteiger partial charge in [0.15, 0.2) is 6.61 Å². The predicted molar refractivity (Wildman–Crippen MR) is 146 cm³/mol. The highest BCUT2D eigenvalue weighted by Gasteiger charge is 2.21. The molecule has 0 fully saturated rings. The average molecular weight is 584 g/mol. The lowest BCUT2D eigenvalue weighted by molar-refractivity contribution is -0.119. The van der Waals surface area contributed by atoms with Gasteiger partial charge in [-0.15, -0.1) is 0 Å². The van der Waals surface area contributed by atoms with Gasteiger partial charge in [-0.1, -0.05) is 46.9 Å². The number of para-hydroxylation sites is 1. The monoisotopic (exact) mass is 582 g/mol. The Hall–Kier alpha value is -3.31. The molecule has 0 aromatic heterocycles. The maximum Gasteiger partial charge on any atom is 0.262 e. The van der Waals surface area contributed by atoms with Crippen molar-refractivity contribution in [3.05, 3.63) is 87.4 Å². The molecule has 0 aliphatic heterocycles. The molecule has 3 aromatic carbocycles. The van der Waals surface area contributed by atoms with Gasteiger partial charge in [0, 0.05) is 0 Å². The molecular formula is C24H21Cl3N4O5S. The van der Waals surface area contributed by atoms with Crippen LogP contribution in [0.15, 0.2) is 71.8 Å². The number of amides is 2. The summed E-state index contributed by atoms with van der Waals surface area (Å²) in [5.41, 5.74) is 3.58. The summed E-state index contributed by atoms with van der Waals surface area (Å²) in [5.74, 6) is -0.594. The van der Waals surface area contributed by atoms with Gasteiger partial charge in [-0.05, 0) is 60.2 Å².